The Kier molecular flexibility index (Phi) is 6.92. The molecule has 0 unspecified atom stereocenters. The van der Waals surface area contributed by atoms with Crippen LogP contribution in [0.25, 0.3) is 0 Å². The molecule has 0 atom stereocenters. The summed E-state index contributed by atoms with van der Waals surface area (Å²) >= 11 is 4.77. The van der Waals surface area contributed by atoms with Gasteiger partial charge in [-0.1, -0.05) is 65.8 Å². The van der Waals surface area contributed by atoms with E-state index in [0.717, 1.165) is 15.8 Å². The van der Waals surface area contributed by atoms with E-state index in [-0.39, 0.29) is 23.0 Å². The van der Waals surface area contributed by atoms with E-state index in [2.05, 4.69) is 25.9 Å². The van der Waals surface area contributed by atoms with Gasteiger partial charge in [0.05, 0.1) is 7.11 Å². The number of benzene rings is 2. The van der Waals surface area contributed by atoms with Gasteiger partial charge < -0.3 is 9.72 Å². The second-order valence-corrected chi connectivity index (χ2v) is 8.64. The minimum Gasteiger partial charge on any atom is -0.497 e. The number of nitrogens with zero attached hydrogens (tertiary/aromatic N) is 1. The lowest BCUT2D eigenvalue weighted by Gasteiger charge is -2.12. The number of hydrogen-bond acceptors (Lipinski definition) is 5. The molecule has 0 aliphatic heterocycles. The van der Waals surface area contributed by atoms with Crippen LogP contribution >= 0.6 is 27.7 Å². The van der Waals surface area contributed by atoms with Gasteiger partial charge in [-0.15, -0.1) is 0 Å². The number of ketones is 1. The number of carbonyl (C=O) groups is 1. The molecule has 0 saturated heterocycles. The number of H-pyrrole nitrogens is 1. The number of ether oxygens (including phenoxy) is 1. The van der Waals surface area contributed by atoms with E-state index in [1.54, 1.807) is 25.3 Å². The molecule has 0 spiro atoms. The first kappa shape index (κ1) is 21.3. The number of rotatable bonds is 7. The summed E-state index contributed by atoms with van der Waals surface area (Å²) in [6.45, 7) is 3.77. The maximum atomic E-state index is 13.1. The Balaban J connectivity index is 1.93. The molecule has 0 saturated carbocycles. The Hall–Kier alpha value is -2.38. The van der Waals surface area contributed by atoms with Crippen molar-refractivity contribution in [3.63, 3.8) is 0 Å². The summed E-state index contributed by atoms with van der Waals surface area (Å²) in [4.78, 5) is 33.2. The van der Waals surface area contributed by atoms with Crippen LogP contribution in [0.1, 0.15) is 46.9 Å². The van der Waals surface area contributed by atoms with E-state index in [1.165, 1.54) is 11.8 Å². The molecule has 0 aliphatic carbocycles. The fourth-order valence-electron chi connectivity index (χ4n) is 2.88. The van der Waals surface area contributed by atoms with Crippen molar-refractivity contribution in [1.29, 1.82) is 0 Å². The molecule has 3 aromatic rings. The average molecular weight is 473 g/mol. The summed E-state index contributed by atoms with van der Waals surface area (Å²) in [5.74, 6) is 1.01. The molecule has 150 valence electrons. The zero-order valence-electron chi connectivity index (χ0n) is 16.4. The van der Waals surface area contributed by atoms with Crippen LogP contribution in [0.3, 0.4) is 0 Å². The molecule has 3 rings (SSSR count). The SMILES string of the molecule is COc1ccc(CSc2nc(C(=O)c3cccc(Br)c3)c(C(C)C)c(=O)[nH]2)cc1. The first-order chi connectivity index (χ1) is 13.9. The highest BCUT2D eigenvalue weighted by molar-refractivity contribution is 9.10. The third-order valence-corrected chi connectivity index (χ3v) is 5.79. The van der Waals surface area contributed by atoms with E-state index in [9.17, 15) is 9.59 Å². The van der Waals surface area contributed by atoms with Gasteiger partial charge in [0.15, 0.2) is 5.16 Å². The van der Waals surface area contributed by atoms with Gasteiger partial charge in [0.25, 0.3) is 5.56 Å². The number of carbonyl (C=O) groups excluding carboxylic acids is 1. The van der Waals surface area contributed by atoms with Gasteiger partial charge in [-0.2, -0.15) is 0 Å². The molecule has 1 heterocycles. The Morgan fingerprint density at radius 3 is 2.55 bits per heavy atom. The Bertz CT molecular complexity index is 1080. The Morgan fingerprint density at radius 2 is 1.93 bits per heavy atom. The summed E-state index contributed by atoms with van der Waals surface area (Å²) in [5, 5.41) is 0.425. The zero-order valence-corrected chi connectivity index (χ0v) is 18.8. The summed E-state index contributed by atoms with van der Waals surface area (Å²) in [6, 6.07) is 14.8. The summed E-state index contributed by atoms with van der Waals surface area (Å²) in [5.41, 5.74) is 1.89. The second-order valence-electron chi connectivity index (χ2n) is 6.76. The lowest BCUT2D eigenvalue weighted by atomic mass is 9.97. The number of hydrogen-bond donors (Lipinski definition) is 1. The summed E-state index contributed by atoms with van der Waals surface area (Å²) < 4.78 is 5.97. The van der Waals surface area contributed by atoms with Crippen molar-refractivity contribution in [3.8, 4) is 5.75 Å². The number of halogens is 1. The topological polar surface area (TPSA) is 72.0 Å². The van der Waals surface area contributed by atoms with Crippen LogP contribution in [-0.2, 0) is 5.75 Å². The molecule has 0 bridgehead atoms. The third-order valence-electron chi connectivity index (χ3n) is 4.35. The van der Waals surface area contributed by atoms with Crippen molar-refractivity contribution in [3.05, 3.63) is 85.7 Å². The predicted octanol–water partition coefficient (Wildman–Crippen LogP) is 5.19. The van der Waals surface area contributed by atoms with Crippen LogP contribution < -0.4 is 10.3 Å². The smallest absolute Gasteiger partial charge is 0.255 e. The first-order valence-electron chi connectivity index (χ1n) is 9.09. The van der Waals surface area contributed by atoms with Crippen LogP contribution in [0.15, 0.2) is 63.0 Å². The largest absolute Gasteiger partial charge is 0.497 e. The number of methoxy groups -OCH3 is 1. The van der Waals surface area contributed by atoms with Crippen LogP contribution in [-0.4, -0.2) is 22.9 Å². The molecular weight excluding hydrogens is 452 g/mol. The number of aromatic amines is 1. The molecule has 0 fully saturated rings. The minimum atomic E-state index is -0.273. The number of thioether (sulfide) groups is 1. The van der Waals surface area contributed by atoms with Gasteiger partial charge in [-0.25, -0.2) is 4.98 Å². The standard InChI is InChI=1S/C22H21BrN2O3S/c1-13(2)18-19(20(26)15-5-4-6-16(23)11-15)24-22(25-21(18)27)29-12-14-7-9-17(28-3)10-8-14/h4-11,13H,12H2,1-3H3,(H,24,25,27). The Morgan fingerprint density at radius 1 is 1.21 bits per heavy atom. The van der Waals surface area contributed by atoms with Crippen molar-refractivity contribution < 1.29 is 9.53 Å². The zero-order chi connectivity index (χ0) is 21.0. The molecule has 5 nitrogen and oxygen atoms in total. The number of nitrogens with one attached hydrogen (secondary N) is 1. The summed E-state index contributed by atoms with van der Waals surface area (Å²) in [6.07, 6.45) is 0. The van der Waals surface area contributed by atoms with Gasteiger partial charge in [-0.3, -0.25) is 9.59 Å². The lowest BCUT2D eigenvalue weighted by molar-refractivity contribution is 0.103. The maximum Gasteiger partial charge on any atom is 0.255 e. The summed E-state index contributed by atoms with van der Waals surface area (Å²) in [7, 11) is 1.62. The van der Waals surface area contributed by atoms with E-state index in [1.807, 2.05) is 44.2 Å². The second kappa shape index (κ2) is 9.41. The molecular formula is C22H21BrN2O3S. The average Bonchev–Trinajstić information content (AvgIpc) is 2.71. The lowest BCUT2D eigenvalue weighted by Crippen LogP contribution is -2.23. The molecule has 0 amide bonds. The van der Waals surface area contributed by atoms with Crippen molar-refractivity contribution in [2.75, 3.05) is 7.11 Å². The van der Waals surface area contributed by atoms with Crippen molar-refractivity contribution in [2.24, 2.45) is 0 Å². The third kappa shape index (κ3) is 5.16. The Labute approximate surface area is 182 Å². The van der Waals surface area contributed by atoms with Crippen molar-refractivity contribution in [1.82, 2.24) is 9.97 Å². The van der Waals surface area contributed by atoms with E-state index >= 15 is 0 Å². The molecule has 1 aromatic heterocycles. The normalized spacial score (nSPS) is 10.9. The van der Waals surface area contributed by atoms with Crippen LogP contribution in [0.4, 0.5) is 0 Å². The van der Waals surface area contributed by atoms with Crippen LogP contribution in [0, 0.1) is 0 Å². The molecule has 7 heteroatoms. The van der Waals surface area contributed by atoms with Crippen LogP contribution in [0.5, 0.6) is 5.75 Å². The molecule has 1 N–H and O–H groups in total. The van der Waals surface area contributed by atoms with Crippen molar-refractivity contribution in [2.45, 2.75) is 30.7 Å². The quantitative estimate of drug-likeness (QED) is 0.291. The van der Waals surface area contributed by atoms with Gasteiger partial charge in [-0.05, 0) is 35.7 Å². The first-order valence-corrected chi connectivity index (χ1v) is 10.9. The van der Waals surface area contributed by atoms with Crippen molar-refractivity contribution >= 4 is 33.5 Å². The van der Waals surface area contributed by atoms with Gasteiger partial charge in [0.1, 0.15) is 11.4 Å². The van der Waals surface area contributed by atoms with E-state index < -0.39 is 0 Å². The number of aromatic nitrogens is 2. The predicted molar refractivity (Wildman–Crippen MR) is 119 cm³/mol. The van der Waals surface area contributed by atoms with E-state index in [0.29, 0.717) is 22.0 Å². The molecule has 2 aromatic carbocycles. The highest BCUT2D eigenvalue weighted by Crippen LogP contribution is 2.24. The van der Waals surface area contributed by atoms with E-state index in [4.69, 9.17) is 4.74 Å². The highest BCUT2D eigenvalue weighted by Gasteiger charge is 2.22. The molecule has 29 heavy (non-hydrogen) atoms. The maximum absolute atomic E-state index is 13.1. The fraction of sp³-hybridized carbons (Fsp3) is 0.227. The van der Waals surface area contributed by atoms with Gasteiger partial charge in [0, 0.05) is 21.4 Å². The molecule has 0 radical (unpaired) electrons. The highest BCUT2D eigenvalue weighted by atomic mass is 79.9. The fourth-order valence-corrected chi connectivity index (χ4v) is 4.09. The van der Waals surface area contributed by atoms with Gasteiger partial charge in [0.2, 0.25) is 5.78 Å². The molecule has 0 aliphatic rings. The monoisotopic (exact) mass is 472 g/mol. The minimum absolute atomic E-state index is 0.127. The van der Waals surface area contributed by atoms with Crippen LogP contribution in [0.2, 0.25) is 0 Å². The van der Waals surface area contributed by atoms with Gasteiger partial charge >= 0.3 is 0 Å².